The smallest absolute Gasteiger partial charge is 0.156 e. The molecule has 0 aromatic heterocycles. The van der Waals surface area contributed by atoms with Gasteiger partial charge in [0.1, 0.15) is 6.17 Å². The van der Waals surface area contributed by atoms with Gasteiger partial charge in [-0.3, -0.25) is 25.3 Å². The molecule has 2 N–H and O–H groups in total. The number of piperazine rings is 1. The largest absolute Gasteiger partial charge is 0.298 e. The van der Waals surface area contributed by atoms with Crippen molar-refractivity contribution in [2.24, 2.45) is 5.73 Å². The molecule has 0 spiro atoms. The van der Waals surface area contributed by atoms with Gasteiger partial charge >= 0.3 is 0 Å². The molecule has 0 aromatic carbocycles. The van der Waals surface area contributed by atoms with E-state index < -0.39 is 0 Å². The lowest BCUT2D eigenvalue weighted by molar-refractivity contribution is -0.205. The molecule has 102 valence electrons. The highest BCUT2D eigenvalue weighted by Gasteiger charge is 2.56. The SMILES string of the molecule is N[C@]12[C@H]3N4CCCN3CCN1CCCN2CCC4. The second-order valence-corrected chi connectivity index (χ2v) is 6.26. The first-order chi connectivity index (χ1) is 8.80. The summed E-state index contributed by atoms with van der Waals surface area (Å²) in [6.07, 6.45) is 4.30. The van der Waals surface area contributed by atoms with Crippen LogP contribution in [0.4, 0.5) is 0 Å². The quantitative estimate of drug-likeness (QED) is 0.620. The molecule has 0 radical (unpaired) electrons. The van der Waals surface area contributed by atoms with Crippen molar-refractivity contribution in [2.75, 3.05) is 52.4 Å². The van der Waals surface area contributed by atoms with Crippen LogP contribution in [0, 0.1) is 0 Å². The van der Waals surface area contributed by atoms with Gasteiger partial charge in [-0.2, -0.15) is 0 Å². The Morgan fingerprint density at radius 1 is 0.667 bits per heavy atom. The minimum atomic E-state index is -0.215. The Labute approximate surface area is 109 Å². The summed E-state index contributed by atoms with van der Waals surface area (Å²) >= 11 is 0. The first-order valence-electron chi connectivity index (χ1n) is 7.57. The van der Waals surface area contributed by atoms with Gasteiger partial charge in [-0.1, -0.05) is 0 Å². The molecule has 18 heavy (non-hydrogen) atoms. The van der Waals surface area contributed by atoms with E-state index in [9.17, 15) is 0 Å². The van der Waals surface area contributed by atoms with Crippen LogP contribution in [0.15, 0.2) is 0 Å². The Hall–Kier alpha value is -0.200. The van der Waals surface area contributed by atoms with Crippen molar-refractivity contribution in [1.82, 2.24) is 19.6 Å². The molecule has 4 saturated heterocycles. The summed E-state index contributed by atoms with van der Waals surface area (Å²) in [4.78, 5) is 10.4. The maximum Gasteiger partial charge on any atom is 0.156 e. The molecule has 0 aliphatic carbocycles. The highest BCUT2D eigenvalue weighted by Crippen LogP contribution is 2.36. The van der Waals surface area contributed by atoms with E-state index in [1.807, 2.05) is 0 Å². The summed E-state index contributed by atoms with van der Waals surface area (Å²) < 4.78 is 0. The molecule has 5 heteroatoms. The van der Waals surface area contributed by atoms with Crippen LogP contribution < -0.4 is 5.73 Å². The molecule has 4 heterocycles. The zero-order chi connectivity index (χ0) is 12.2. The molecular weight excluding hydrogens is 226 g/mol. The number of hydrogen-bond acceptors (Lipinski definition) is 5. The molecule has 0 amide bonds. The van der Waals surface area contributed by atoms with E-state index >= 15 is 0 Å². The van der Waals surface area contributed by atoms with Crippen LogP contribution in [-0.4, -0.2) is 83.9 Å². The fourth-order valence-corrected chi connectivity index (χ4v) is 4.59. The van der Waals surface area contributed by atoms with Gasteiger partial charge < -0.3 is 0 Å². The summed E-state index contributed by atoms with van der Waals surface area (Å²) in [6, 6.07) is 0. The molecule has 0 unspecified atom stereocenters. The lowest BCUT2D eigenvalue weighted by Gasteiger charge is -2.63. The zero-order valence-electron chi connectivity index (χ0n) is 11.2. The molecule has 4 rings (SSSR count). The van der Waals surface area contributed by atoms with Crippen LogP contribution in [-0.2, 0) is 0 Å². The molecule has 5 nitrogen and oxygen atoms in total. The lowest BCUT2D eigenvalue weighted by atomic mass is 10.00. The Balaban J connectivity index is 1.76. The first kappa shape index (κ1) is 11.6. The van der Waals surface area contributed by atoms with E-state index in [1.165, 1.54) is 65.1 Å². The average molecular weight is 251 g/mol. The molecule has 4 aliphatic heterocycles. The average Bonchev–Trinajstić information content (AvgIpc) is 2.53. The molecular formula is C13H25N5. The van der Waals surface area contributed by atoms with E-state index in [1.54, 1.807) is 0 Å². The second kappa shape index (κ2) is 4.15. The van der Waals surface area contributed by atoms with Gasteiger partial charge in [0.05, 0.1) is 0 Å². The van der Waals surface area contributed by atoms with Crippen LogP contribution >= 0.6 is 0 Å². The van der Waals surface area contributed by atoms with E-state index in [4.69, 9.17) is 5.73 Å². The molecule has 4 aliphatic rings. The van der Waals surface area contributed by atoms with Crippen LogP contribution in [0.2, 0.25) is 0 Å². The molecule has 0 aromatic rings. The van der Waals surface area contributed by atoms with Crippen molar-refractivity contribution in [2.45, 2.75) is 31.2 Å². The maximum atomic E-state index is 6.97. The van der Waals surface area contributed by atoms with Crippen molar-refractivity contribution in [1.29, 1.82) is 0 Å². The highest BCUT2D eigenvalue weighted by molar-refractivity contribution is 5.05. The minimum Gasteiger partial charge on any atom is -0.298 e. The number of hydrogen-bond donors (Lipinski definition) is 1. The number of rotatable bonds is 0. The third-order valence-corrected chi connectivity index (χ3v) is 5.36. The van der Waals surface area contributed by atoms with Gasteiger partial charge in [-0.15, -0.1) is 0 Å². The molecule has 2 atom stereocenters. The summed E-state index contributed by atoms with van der Waals surface area (Å²) in [5.41, 5.74) is 6.97. The standard InChI is InChI=1S/C13H25N5/c14-13-12-15-4-1-5-16(12)10-11-18(13)9-3-8-17(13)7-2-6-15/h12H,1-11,14H2/t12-,13-/m0/s1. The van der Waals surface area contributed by atoms with Gasteiger partial charge in [0, 0.05) is 52.4 Å². The van der Waals surface area contributed by atoms with Crippen LogP contribution in [0.3, 0.4) is 0 Å². The van der Waals surface area contributed by atoms with Crippen molar-refractivity contribution >= 4 is 0 Å². The normalized spacial score (nSPS) is 43.5. The van der Waals surface area contributed by atoms with Gasteiger partial charge in [0.25, 0.3) is 0 Å². The maximum absolute atomic E-state index is 6.97. The Morgan fingerprint density at radius 3 is 1.89 bits per heavy atom. The number of nitrogens with two attached hydrogens (primary N) is 1. The fraction of sp³-hybridized carbons (Fsp3) is 1.00. The molecule has 4 fully saturated rings. The van der Waals surface area contributed by atoms with Crippen molar-refractivity contribution in [3.63, 3.8) is 0 Å². The monoisotopic (exact) mass is 251 g/mol. The van der Waals surface area contributed by atoms with Crippen molar-refractivity contribution in [3.05, 3.63) is 0 Å². The Morgan fingerprint density at radius 2 is 1.17 bits per heavy atom. The Bertz CT molecular complexity index is 335. The minimum absolute atomic E-state index is 0.215. The third-order valence-electron chi connectivity index (χ3n) is 5.36. The summed E-state index contributed by atoms with van der Waals surface area (Å²) in [7, 11) is 0. The van der Waals surface area contributed by atoms with Crippen LogP contribution in [0.5, 0.6) is 0 Å². The molecule has 0 bridgehead atoms. The summed E-state index contributed by atoms with van der Waals surface area (Å²) in [6.45, 7) is 9.60. The highest BCUT2D eigenvalue weighted by atomic mass is 15.6. The summed E-state index contributed by atoms with van der Waals surface area (Å²) in [5, 5.41) is 0. The van der Waals surface area contributed by atoms with Crippen molar-refractivity contribution < 1.29 is 0 Å². The lowest BCUT2D eigenvalue weighted by Crippen LogP contribution is -2.84. The van der Waals surface area contributed by atoms with E-state index in [-0.39, 0.29) is 5.79 Å². The summed E-state index contributed by atoms with van der Waals surface area (Å²) in [5.74, 6) is -0.215. The van der Waals surface area contributed by atoms with E-state index in [0.29, 0.717) is 6.17 Å². The predicted octanol–water partition coefficient (Wildman–Crippen LogP) is -0.642. The van der Waals surface area contributed by atoms with Gasteiger partial charge in [0.15, 0.2) is 5.79 Å². The topological polar surface area (TPSA) is 39.0 Å². The van der Waals surface area contributed by atoms with Gasteiger partial charge in [-0.25, -0.2) is 0 Å². The third kappa shape index (κ3) is 1.45. The van der Waals surface area contributed by atoms with Crippen LogP contribution in [0.1, 0.15) is 19.3 Å². The predicted molar refractivity (Wildman–Crippen MR) is 70.8 cm³/mol. The van der Waals surface area contributed by atoms with E-state index in [2.05, 4.69) is 19.6 Å². The fourth-order valence-electron chi connectivity index (χ4n) is 4.59. The zero-order valence-corrected chi connectivity index (χ0v) is 11.2. The molecule has 0 saturated carbocycles. The van der Waals surface area contributed by atoms with Gasteiger partial charge in [0.2, 0.25) is 0 Å². The first-order valence-corrected chi connectivity index (χ1v) is 7.57. The van der Waals surface area contributed by atoms with Crippen molar-refractivity contribution in [3.8, 4) is 0 Å². The second-order valence-electron chi connectivity index (χ2n) is 6.26. The Kier molecular flexibility index (Phi) is 2.68. The number of nitrogens with zero attached hydrogens (tertiary/aromatic N) is 4. The van der Waals surface area contributed by atoms with Gasteiger partial charge in [-0.05, 0) is 19.3 Å². The van der Waals surface area contributed by atoms with Crippen LogP contribution in [0.25, 0.3) is 0 Å². The van der Waals surface area contributed by atoms with E-state index in [0.717, 1.165) is 6.54 Å².